The molecule has 0 aromatic heterocycles. The Morgan fingerprint density at radius 1 is 1.46 bits per heavy atom. The minimum atomic E-state index is 0.596. The molecule has 1 saturated heterocycles. The van der Waals surface area contributed by atoms with Crippen molar-refractivity contribution >= 4 is 0 Å². The third-order valence-electron chi connectivity index (χ3n) is 2.61. The lowest BCUT2D eigenvalue weighted by molar-refractivity contribution is 0.181. The summed E-state index contributed by atoms with van der Waals surface area (Å²) in [7, 11) is 0. The average molecular weight is 181 g/mol. The van der Waals surface area contributed by atoms with E-state index in [2.05, 4.69) is 23.2 Å². The summed E-state index contributed by atoms with van der Waals surface area (Å²) < 4.78 is 0. The van der Waals surface area contributed by atoms with Crippen LogP contribution in [0.2, 0.25) is 0 Å². The van der Waals surface area contributed by atoms with Crippen LogP contribution in [0.25, 0.3) is 0 Å². The van der Waals surface area contributed by atoms with Crippen LogP contribution in [0.15, 0.2) is 0 Å². The number of hydrogen-bond donors (Lipinski definition) is 1. The lowest BCUT2D eigenvalue weighted by atomic mass is 10.0. The van der Waals surface area contributed by atoms with Crippen molar-refractivity contribution in [2.75, 3.05) is 26.2 Å². The molecule has 0 aromatic rings. The van der Waals surface area contributed by atoms with Crippen LogP contribution in [0.4, 0.5) is 0 Å². The van der Waals surface area contributed by atoms with Crippen LogP contribution < -0.4 is 5.32 Å². The van der Waals surface area contributed by atoms with Gasteiger partial charge in [0.1, 0.15) is 0 Å². The van der Waals surface area contributed by atoms with Crippen LogP contribution >= 0.6 is 0 Å². The highest BCUT2D eigenvalue weighted by Gasteiger charge is 2.19. The van der Waals surface area contributed by atoms with E-state index in [1.165, 1.54) is 12.8 Å². The van der Waals surface area contributed by atoms with Gasteiger partial charge in [0.15, 0.2) is 0 Å². The van der Waals surface area contributed by atoms with E-state index in [4.69, 9.17) is 5.26 Å². The van der Waals surface area contributed by atoms with Gasteiger partial charge in [-0.1, -0.05) is 6.92 Å². The molecular weight excluding hydrogens is 162 g/mol. The van der Waals surface area contributed by atoms with Gasteiger partial charge in [-0.2, -0.15) is 5.26 Å². The van der Waals surface area contributed by atoms with Gasteiger partial charge in [0, 0.05) is 6.04 Å². The van der Waals surface area contributed by atoms with Gasteiger partial charge < -0.3 is 5.32 Å². The first-order valence-electron chi connectivity index (χ1n) is 5.20. The highest BCUT2D eigenvalue weighted by Crippen LogP contribution is 2.11. The molecule has 1 rings (SSSR count). The molecule has 1 N–H and O–H groups in total. The van der Waals surface area contributed by atoms with E-state index in [1.54, 1.807) is 0 Å². The van der Waals surface area contributed by atoms with Crippen molar-refractivity contribution in [2.24, 2.45) is 0 Å². The zero-order valence-corrected chi connectivity index (χ0v) is 8.42. The molecule has 1 aliphatic heterocycles. The Morgan fingerprint density at radius 2 is 2.15 bits per heavy atom. The second-order valence-corrected chi connectivity index (χ2v) is 3.61. The van der Waals surface area contributed by atoms with E-state index in [-0.39, 0.29) is 0 Å². The van der Waals surface area contributed by atoms with E-state index >= 15 is 0 Å². The van der Waals surface area contributed by atoms with Crippen LogP contribution in [-0.2, 0) is 0 Å². The average Bonchev–Trinajstić information content (AvgIpc) is 2.19. The van der Waals surface area contributed by atoms with Gasteiger partial charge in [0.2, 0.25) is 0 Å². The Bertz CT molecular complexity index is 167. The Balaban J connectivity index is 2.37. The minimum Gasteiger partial charge on any atom is -0.317 e. The Hall–Kier alpha value is -0.590. The third-order valence-corrected chi connectivity index (χ3v) is 2.61. The van der Waals surface area contributed by atoms with Crippen LogP contribution in [0.5, 0.6) is 0 Å². The summed E-state index contributed by atoms with van der Waals surface area (Å²) in [6.45, 7) is 6.05. The summed E-state index contributed by atoms with van der Waals surface area (Å²) in [6, 6.07) is 2.90. The molecule has 3 nitrogen and oxygen atoms in total. The largest absolute Gasteiger partial charge is 0.317 e. The van der Waals surface area contributed by atoms with Crippen LogP contribution in [-0.4, -0.2) is 37.1 Å². The molecule has 74 valence electrons. The highest BCUT2D eigenvalue weighted by atomic mass is 15.2. The van der Waals surface area contributed by atoms with Gasteiger partial charge in [-0.05, 0) is 38.9 Å². The molecule has 0 radical (unpaired) electrons. The second-order valence-electron chi connectivity index (χ2n) is 3.61. The summed E-state index contributed by atoms with van der Waals surface area (Å²) in [4.78, 5) is 2.32. The first-order valence-corrected chi connectivity index (χ1v) is 5.20. The number of nitrogens with zero attached hydrogens (tertiary/aromatic N) is 2. The van der Waals surface area contributed by atoms with E-state index in [9.17, 15) is 0 Å². The molecule has 13 heavy (non-hydrogen) atoms. The predicted octanol–water partition coefficient (Wildman–Crippen LogP) is 0.974. The monoisotopic (exact) mass is 181 g/mol. The van der Waals surface area contributed by atoms with Gasteiger partial charge in [-0.3, -0.25) is 4.90 Å². The molecule has 0 amide bonds. The van der Waals surface area contributed by atoms with Gasteiger partial charge in [-0.25, -0.2) is 0 Å². The van der Waals surface area contributed by atoms with E-state index in [0.29, 0.717) is 12.6 Å². The number of piperidine rings is 1. The zero-order valence-electron chi connectivity index (χ0n) is 8.42. The van der Waals surface area contributed by atoms with Crippen molar-refractivity contribution in [3.8, 4) is 6.07 Å². The smallest absolute Gasteiger partial charge is 0.0868 e. The first-order chi connectivity index (χ1) is 6.38. The summed E-state index contributed by atoms with van der Waals surface area (Å²) in [5.41, 5.74) is 0. The Kier molecular flexibility index (Phi) is 4.81. The van der Waals surface area contributed by atoms with E-state index in [1.807, 2.05) is 0 Å². The molecule has 1 heterocycles. The second kappa shape index (κ2) is 5.95. The summed E-state index contributed by atoms with van der Waals surface area (Å²) >= 11 is 0. The van der Waals surface area contributed by atoms with Crippen molar-refractivity contribution in [1.82, 2.24) is 10.2 Å². The molecule has 0 saturated carbocycles. The molecule has 0 unspecified atom stereocenters. The highest BCUT2D eigenvalue weighted by molar-refractivity contribution is 4.84. The van der Waals surface area contributed by atoms with Crippen LogP contribution in [0.1, 0.15) is 26.2 Å². The molecule has 0 aliphatic carbocycles. The Morgan fingerprint density at radius 3 is 2.69 bits per heavy atom. The van der Waals surface area contributed by atoms with Crippen LogP contribution in [0.3, 0.4) is 0 Å². The molecular formula is C10H19N3. The molecule has 0 spiro atoms. The lowest BCUT2D eigenvalue weighted by Gasteiger charge is -2.32. The number of nitrogens with one attached hydrogen (secondary N) is 1. The molecule has 0 atom stereocenters. The molecule has 3 heteroatoms. The quantitative estimate of drug-likeness (QED) is 0.657. The lowest BCUT2D eigenvalue weighted by Crippen LogP contribution is -2.43. The number of nitriles is 1. The van der Waals surface area contributed by atoms with Crippen molar-refractivity contribution in [3.63, 3.8) is 0 Å². The van der Waals surface area contributed by atoms with Crippen molar-refractivity contribution < 1.29 is 0 Å². The maximum Gasteiger partial charge on any atom is 0.0868 e. The fourth-order valence-corrected chi connectivity index (χ4v) is 1.94. The fraction of sp³-hybridized carbons (Fsp3) is 0.900. The topological polar surface area (TPSA) is 39.1 Å². The molecule has 1 fully saturated rings. The third kappa shape index (κ3) is 3.33. The maximum absolute atomic E-state index is 8.69. The van der Waals surface area contributed by atoms with Gasteiger partial charge in [0.25, 0.3) is 0 Å². The number of hydrogen-bond acceptors (Lipinski definition) is 3. The summed E-state index contributed by atoms with van der Waals surface area (Å²) in [6.07, 6.45) is 3.54. The molecule has 1 aliphatic rings. The molecule has 0 aromatic carbocycles. The minimum absolute atomic E-state index is 0.596. The summed E-state index contributed by atoms with van der Waals surface area (Å²) in [5, 5.41) is 12.0. The first kappa shape index (κ1) is 10.5. The summed E-state index contributed by atoms with van der Waals surface area (Å²) in [5.74, 6) is 0. The van der Waals surface area contributed by atoms with E-state index in [0.717, 1.165) is 26.1 Å². The van der Waals surface area contributed by atoms with E-state index < -0.39 is 0 Å². The Labute approximate surface area is 80.7 Å². The van der Waals surface area contributed by atoms with Crippen molar-refractivity contribution in [2.45, 2.75) is 32.2 Å². The SMILES string of the molecule is CCCN(CC#N)C1CCNCC1. The maximum atomic E-state index is 8.69. The normalized spacial score (nSPS) is 18.8. The predicted molar refractivity (Wildman–Crippen MR) is 53.4 cm³/mol. The van der Waals surface area contributed by atoms with Gasteiger partial charge >= 0.3 is 0 Å². The standard InChI is InChI=1S/C10H19N3/c1-2-8-13(9-5-11)10-3-6-12-7-4-10/h10,12H,2-4,6-9H2,1H3. The fourth-order valence-electron chi connectivity index (χ4n) is 1.94. The van der Waals surface area contributed by atoms with Crippen LogP contribution in [0, 0.1) is 11.3 Å². The van der Waals surface area contributed by atoms with Gasteiger partial charge in [0.05, 0.1) is 12.6 Å². The number of rotatable bonds is 4. The zero-order chi connectivity index (χ0) is 9.52. The van der Waals surface area contributed by atoms with Crippen molar-refractivity contribution in [3.05, 3.63) is 0 Å². The van der Waals surface area contributed by atoms with Crippen molar-refractivity contribution in [1.29, 1.82) is 5.26 Å². The molecule has 0 bridgehead atoms. The van der Waals surface area contributed by atoms with Gasteiger partial charge in [-0.15, -0.1) is 0 Å².